The van der Waals surface area contributed by atoms with Gasteiger partial charge in [0.05, 0.1) is 6.54 Å². The first-order valence-corrected chi connectivity index (χ1v) is 9.45. The molecule has 0 aromatic carbocycles. The fraction of sp³-hybridized carbons (Fsp3) is 0.636. The van der Waals surface area contributed by atoms with E-state index in [1.54, 1.807) is 0 Å². The molecule has 1 aromatic heterocycles. The SMILES string of the molecule is NCc1cc(S(=O)(=O)NCC2CCCCS2)c(Br)o1. The predicted molar refractivity (Wildman–Crippen MR) is 79.6 cm³/mol. The highest BCUT2D eigenvalue weighted by atomic mass is 79.9. The van der Waals surface area contributed by atoms with Crippen molar-refractivity contribution in [2.45, 2.75) is 36.0 Å². The average Bonchev–Trinajstić information content (AvgIpc) is 2.80. The number of sulfonamides is 1. The molecular weight excluding hydrogens is 352 g/mol. The van der Waals surface area contributed by atoms with Gasteiger partial charge in [0.25, 0.3) is 0 Å². The Morgan fingerprint density at radius 3 is 2.89 bits per heavy atom. The molecule has 1 fully saturated rings. The lowest BCUT2D eigenvalue weighted by atomic mass is 10.2. The molecule has 0 radical (unpaired) electrons. The zero-order chi connectivity index (χ0) is 13.9. The Labute approximate surface area is 125 Å². The van der Waals surface area contributed by atoms with Gasteiger partial charge in [-0.1, -0.05) is 6.42 Å². The zero-order valence-corrected chi connectivity index (χ0v) is 13.6. The number of halogens is 1. The third-order valence-electron chi connectivity index (χ3n) is 2.97. The third kappa shape index (κ3) is 3.98. The maximum atomic E-state index is 12.2. The van der Waals surface area contributed by atoms with Crippen molar-refractivity contribution < 1.29 is 12.8 Å². The Hall–Kier alpha value is -0.0200. The van der Waals surface area contributed by atoms with Gasteiger partial charge in [0.1, 0.15) is 10.7 Å². The zero-order valence-electron chi connectivity index (χ0n) is 10.4. The van der Waals surface area contributed by atoms with Gasteiger partial charge in [-0.3, -0.25) is 0 Å². The van der Waals surface area contributed by atoms with Crippen LogP contribution in [0.1, 0.15) is 25.0 Å². The van der Waals surface area contributed by atoms with Gasteiger partial charge in [-0.15, -0.1) is 0 Å². The average molecular weight is 369 g/mol. The maximum Gasteiger partial charge on any atom is 0.245 e. The molecule has 108 valence electrons. The summed E-state index contributed by atoms with van der Waals surface area (Å²) < 4.78 is 32.4. The molecule has 1 aliphatic heterocycles. The van der Waals surface area contributed by atoms with Crippen LogP contribution in [0.25, 0.3) is 0 Å². The predicted octanol–water partition coefficient (Wildman–Crippen LogP) is 2.06. The molecule has 2 rings (SSSR count). The van der Waals surface area contributed by atoms with Gasteiger partial charge in [0.2, 0.25) is 10.0 Å². The van der Waals surface area contributed by atoms with Crippen LogP contribution in [0.3, 0.4) is 0 Å². The maximum absolute atomic E-state index is 12.2. The molecule has 5 nitrogen and oxygen atoms in total. The Bertz CT molecular complexity index is 524. The number of hydrogen-bond donors (Lipinski definition) is 2. The number of nitrogens with two attached hydrogens (primary N) is 1. The molecule has 2 heterocycles. The van der Waals surface area contributed by atoms with Crippen molar-refractivity contribution in [1.29, 1.82) is 0 Å². The molecule has 3 N–H and O–H groups in total. The summed E-state index contributed by atoms with van der Waals surface area (Å²) in [4.78, 5) is 0.119. The molecule has 0 bridgehead atoms. The molecule has 0 spiro atoms. The minimum absolute atomic E-state index is 0.119. The van der Waals surface area contributed by atoms with Crippen LogP contribution < -0.4 is 10.5 Å². The minimum Gasteiger partial charge on any atom is -0.452 e. The van der Waals surface area contributed by atoms with E-state index in [0.717, 1.165) is 12.2 Å². The Morgan fingerprint density at radius 2 is 2.32 bits per heavy atom. The second-order valence-corrected chi connectivity index (χ2v) is 8.26. The highest BCUT2D eigenvalue weighted by molar-refractivity contribution is 9.10. The summed E-state index contributed by atoms with van der Waals surface area (Å²) in [6, 6.07) is 1.46. The van der Waals surface area contributed by atoms with Gasteiger partial charge in [-0.2, -0.15) is 11.8 Å². The largest absolute Gasteiger partial charge is 0.452 e. The van der Waals surface area contributed by atoms with Crippen molar-refractivity contribution in [3.8, 4) is 0 Å². The summed E-state index contributed by atoms with van der Waals surface area (Å²) in [5.41, 5.74) is 5.43. The van der Waals surface area contributed by atoms with Crippen molar-refractivity contribution in [2.24, 2.45) is 5.73 Å². The van der Waals surface area contributed by atoms with E-state index in [0.29, 0.717) is 17.6 Å². The first-order chi connectivity index (χ1) is 9.03. The molecule has 1 saturated heterocycles. The third-order valence-corrected chi connectivity index (χ3v) is 6.65. The molecule has 0 saturated carbocycles. The summed E-state index contributed by atoms with van der Waals surface area (Å²) in [6.07, 6.45) is 3.46. The second kappa shape index (κ2) is 6.62. The molecular formula is C11H17BrN2O3S2. The van der Waals surface area contributed by atoms with Crippen LogP contribution in [0.4, 0.5) is 0 Å². The van der Waals surface area contributed by atoms with Gasteiger partial charge < -0.3 is 10.2 Å². The summed E-state index contributed by atoms with van der Waals surface area (Å²) in [5.74, 6) is 1.55. The molecule has 0 amide bonds. The fourth-order valence-electron chi connectivity index (χ4n) is 1.93. The summed E-state index contributed by atoms with van der Waals surface area (Å²) in [5, 5.41) is 0.364. The van der Waals surface area contributed by atoms with Crippen LogP contribution in [0, 0.1) is 0 Å². The second-order valence-electron chi connectivity index (χ2n) is 4.40. The molecule has 1 aromatic rings. The van der Waals surface area contributed by atoms with Crippen LogP contribution in [-0.2, 0) is 16.6 Å². The van der Waals surface area contributed by atoms with E-state index in [1.165, 1.54) is 18.9 Å². The van der Waals surface area contributed by atoms with Gasteiger partial charge in [-0.25, -0.2) is 13.1 Å². The van der Waals surface area contributed by atoms with Crippen LogP contribution >= 0.6 is 27.7 Å². The lowest BCUT2D eigenvalue weighted by Gasteiger charge is -2.21. The van der Waals surface area contributed by atoms with Gasteiger partial charge in [-0.05, 0) is 34.5 Å². The quantitative estimate of drug-likeness (QED) is 0.830. The lowest BCUT2D eigenvalue weighted by Crippen LogP contribution is -2.31. The topological polar surface area (TPSA) is 85.3 Å². The van der Waals surface area contributed by atoms with E-state index in [1.807, 2.05) is 11.8 Å². The van der Waals surface area contributed by atoms with Crippen LogP contribution in [0.5, 0.6) is 0 Å². The van der Waals surface area contributed by atoms with E-state index in [2.05, 4.69) is 20.7 Å². The fourth-order valence-corrected chi connectivity index (χ4v) is 5.35. The standard InChI is InChI=1S/C11H17BrN2O3S2/c12-11-10(5-8(6-13)17-11)19(15,16)14-7-9-3-1-2-4-18-9/h5,9,14H,1-4,6-7,13H2. The number of furan rings is 1. The van der Waals surface area contributed by atoms with E-state index in [4.69, 9.17) is 10.2 Å². The minimum atomic E-state index is -3.54. The highest BCUT2D eigenvalue weighted by Gasteiger charge is 2.24. The highest BCUT2D eigenvalue weighted by Crippen LogP contribution is 2.27. The number of rotatable bonds is 5. The van der Waals surface area contributed by atoms with Gasteiger partial charge in [0, 0.05) is 17.9 Å². The normalized spacial score (nSPS) is 20.6. The summed E-state index contributed by atoms with van der Waals surface area (Å²) >= 11 is 4.94. The van der Waals surface area contributed by atoms with Crippen molar-refractivity contribution in [2.75, 3.05) is 12.3 Å². The number of nitrogens with one attached hydrogen (secondary N) is 1. The molecule has 1 unspecified atom stereocenters. The van der Waals surface area contributed by atoms with E-state index in [9.17, 15) is 8.42 Å². The van der Waals surface area contributed by atoms with Crippen LogP contribution in [0.15, 0.2) is 20.0 Å². The molecule has 1 atom stereocenters. The summed E-state index contributed by atoms with van der Waals surface area (Å²) in [6.45, 7) is 0.634. The Morgan fingerprint density at radius 1 is 1.53 bits per heavy atom. The Kier molecular flexibility index (Phi) is 5.36. The number of hydrogen-bond acceptors (Lipinski definition) is 5. The molecule has 1 aliphatic rings. The van der Waals surface area contributed by atoms with Crippen molar-refractivity contribution in [3.05, 3.63) is 16.5 Å². The van der Waals surface area contributed by atoms with Crippen molar-refractivity contribution in [1.82, 2.24) is 4.72 Å². The van der Waals surface area contributed by atoms with Gasteiger partial charge in [0.15, 0.2) is 4.67 Å². The molecule has 0 aliphatic carbocycles. The van der Waals surface area contributed by atoms with Crippen molar-refractivity contribution in [3.63, 3.8) is 0 Å². The molecule has 8 heteroatoms. The van der Waals surface area contributed by atoms with Crippen LogP contribution in [-0.4, -0.2) is 26.0 Å². The summed E-state index contributed by atoms with van der Waals surface area (Å²) in [7, 11) is -3.54. The van der Waals surface area contributed by atoms with E-state index in [-0.39, 0.29) is 16.1 Å². The van der Waals surface area contributed by atoms with Gasteiger partial charge >= 0.3 is 0 Å². The van der Waals surface area contributed by atoms with Crippen molar-refractivity contribution >= 4 is 37.7 Å². The first-order valence-electron chi connectivity index (χ1n) is 6.12. The number of thioether (sulfide) groups is 1. The monoisotopic (exact) mass is 368 g/mol. The lowest BCUT2D eigenvalue weighted by molar-refractivity contribution is 0.483. The molecule has 19 heavy (non-hydrogen) atoms. The van der Waals surface area contributed by atoms with Crippen LogP contribution in [0.2, 0.25) is 0 Å². The van der Waals surface area contributed by atoms with E-state index < -0.39 is 10.0 Å². The first kappa shape index (κ1) is 15.4. The smallest absolute Gasteiger partial charge is 0.245 e. The van der Waals surface area contributed by atoms with E-state index >= 15 is 0 Å². The Balaban J connectivity index is 2.02.